The van der Waals surface area contributed by atoms with Gasteiger partial charge < -0.3 is 13.8 Å². The summed E-state index contributed by atoms with van der Waals surface area (Å²) in [5.41, 5.74) is 22.5. The van der Waals surface area contributed by atoms with Gasteiger partial charge in [-0.15, -0.1) is 0 Å². The van der Waals surface area contributed by atoms with Crippen LogP contribution in [0.2, 0.25) is 0 Å². The van der Waals surface area contributed by atoms with Gasteiger partial charge in [0.25, 0.3) is 0 Å². The SMILES string of the molecule is c1ccc(Cc2c3ccccc3c(Cc3ccccc3)c3cc4c(cc23)B2c3c(cc5c(oc6ccccc65)c3-c3cc5ccccc5c5c6ccccc6n2c35)N4c2cc(-c3ccccc3)cc(-c3ccccc3)c2)cc1. The number of rotatable bonds is 7. The minimum atomic E-state index is -0.223. The summed E-state index contributed by atoms with van der Waals surface area (Å²) in [5.74, 6) is 0. The van der Waals surface area contributed by atoms with Crippen LogP contribution in [0.1, 0.15) is 22.3 Å². The topological polar surface area (TPSA) is 21.3 Å². The minimum absolute atomic E-state index is 0.223. The average Bonchev–Trinajstić information content (AvgIpc) is 4.10. The standard InChI is InChI=1S/C74H47BN2O/c1-5-21-46(22-6-1)37-59-55-31-15-16-32-56(55)60(38-47-23-7-2-8-24-47)62-44-67-65(43-61(59)62)75-72-68(76(67)53-40-51(48-25-9-3-10-26-48)39-52(41-53)49-27-11-4-12-28-49)45-63-57-33-18-20-36-69(57)78-74(63)71(72)64-42-50-29-13-14-30-54(50)70-58-34-17-19-35-66(58)77(75)73(64)70/h1-36,39-45H,37-38H2. The third kappa shape index (κ3) is 6.35. The Labute approximate surface area is 451 Å². The van der Waals surface area contributed by atoms with E-state index in [1.54, 1.807) is 0 Å². The Morgan fingerprint density at radius 2 is 0.910 bits per heavy atom. The van der Waals surface area contributed by atoms with Crippen LogP contribution in [0.4, 0.5) is 17.1 Å². The van der Waals surface area contributed by atoms with Crippen molar-refractivity contribution in [3.8, 4) is 33.4 Å². The first kappa shape index (κ1) is 43.4. The second kappa shape index (κ2) is 16.8. The normalized spacial score (nSPS) is 12.7. The van der Waals surface area contributed by atoms with Crippen LogP contribution in [0.5, 0.6) is 0 Å². The molecule has 0 saturated carbocycles. The Bertz CT molecular complexity index is 4910. The zero-order valence-electron chi connectivity index (χ0n) is 42.6. The van der Waals surface area contributed by atoms with Crippen LogP contribution < -0.4 is 15.8 Å². The highest BCUT2D eigenvalue weighted by atomic mass is 16.3. The van der Waals surface area contributed by atoms with Gasteiger partial charge in [-0.25, -0.2) is 0 Å². The van der Waals surface area contributed by atoms with Gasteiger partial charge in [0.05, 0.1) is 0 Å². The van der Waals surface area contributed by atoms with Crippen LogP contribution in [-0.2, 0) is 12.8 Å². The van der Waals surface area contributed by atoms with Gasteiger partial charge in [-0.1, -0.05) is 212 Å². The van der Waals surface area contributed by atoms with E-state index < -0.39 is 0 Å². The lowest BCUT2D eigenvalue weighted by molar-refractivity contribution is 0.670. The quantitative estimate of drug-likeness (QED) is 0.117. The molecule has 0 atom stereocenters. The molecule has 78 heavy (non-hydrogen) atoms. The van der Waals surface area contributed by atoms with Crippen molar-refractivity contribution in [3.63, 3.8) is 0 Å². The van der Waals surface area contributed by atoms with Gasteiger partial charge in [-0.05, 0) is 149 Å². The van der Waals surface area contributed by atoms with Crippen LogP contribution in [0.15, 0.2) is 265 Å². The van der Waals surface area contributed by atoms with Crippen molar-refractivity contribution in [3.05, 3.63) is 283 Å². The van der Waals surface area contributed by atoms with Crippen molar-refractivity contribution in [2.24, 2.45) is 0 Å². The van der Waals surface area contributed by atoms with Crippen molar-refractivity contribution in [2.75, 3.05) is 4.90 Å². The largest absolute Gasteiger partial charge is 0.455 e. The number of benzene rings is 13. The monoisotopic (exact) mass is 990 g/mol. The van der Waals surface area contributed by atoms with Gasteiger partial charge in [0.15, 0.2) is 0 Å². The minimum Gasteiger partial charge on any atom is -0.455 e. The first-order valence-electron chi connectivity index (χ1n) is 27.3. The summed E-state index contributed by atoms with van der Waals surface area (Å²) in [4.78, 5) is 2.64. The summed E-state index contributed by atoms with van der Waals surface area (Å²) in [6, 6.07) is 97.2. The molecule has 0 saturated heterocycles. The van der Waals surface area contributed by atoms with Crippen LogP contribution in [-0.4, -0.2) is 11.3 Å². The van der Waals surface area contributed by atoms with Crippen molar-refractivity contribution >= 4 is 111 Å². The van der Waals surface area contributed by atoms with Crippen molar-refractivity contribution in [1.29, 1.82) is 0 Å². The lowest BCUT2D eigenvalue weighted by Gasteiger charge is -2.41. The molecule has 0 unspecified atom stereocenters. The molecule has 17 rings (SSSR count). The van der Waals surface area contributed by atoms with E-state index in [9.17, 15) is 0 Å². The lowest BCUT2D eigenvalue weighted by atomic mass is 9.44. The van der Waals surface area contributed by atoms with Gasteiger partial charge >= 0.3 is 6.85 Å². The number of aromatic nitrogens is 1. The van der Waals surface area contributed by atoms with Gasteiger partial charge in [0.2, 0.25) is 0 Å². The smallest absolute Gasteiger partial charge is 0.333 e. The Morgan fingerprint density at radius 1 is 0.385 bits per heavy atom. The van der Waals surface area contributed by atoms with E-state index in [1.165, 1.54) is 115 Å². The number of hydrogen-bond donors (Lipinski definition) is 0. The third-order valence-electron chi connectivity index (χ3n) is 17.2. The van der Waals surface area contributed by atoms with Crippen LogP contribution in [0.3, 0.4) is 0 Å². The number of para-hydroxylation sites is 2. The Kier molecular flexibility index (Phi) is 9.34. The second-order valence-electron chi connectivity index (χ2n) is 21.4. The second-order valence-corrected chi connectivity index (χ2v) is 21.4. The summed E-state index contributed by atoms with van der Waals surface area (Å²) in [5, 5.41) is 12.4. The van der Waals surface area contributed by atoms with Crippen LogP contribution in [0, 0.1) is 0 Å². The van der Waals surface area contributed by atoms with Crippen molar-refractivity contribution < 1.29 is 4.42 Å². The maximum atomic E-state index is 7.29. The summed E-state index contributed by atoms with van der Waals surface area (Å²) in [6.45, 7) is -0.223. The molecular formula is C74H47BN2O. The molecule has 15 aromatic rings. The number of nitrogens with zero attached hydrogens (tertiary/aromatic N) is 2. The molecule has 13 aromatic carbocycles. The summed E-state index contributed by atoms with van der Waals surface area (Å²) in [6.07, 6.45) is 1.59. The molecule has 0 bridgehead atoms. The zero-order valence-corrected chi connectivity index (χ0v) is 42.6. The molecule has 4 heteroatoms. The molecule has 0 radical (unpaired) electrons. The highest BCUT2D eigenvalue weighted by molar-refractivity contribution is 6.90. The lowest BCUT2D eigenvalue weighted by Crippen LogP contribution is -2.56. The van der Waals surface area contributed by atoms with Crippen LogP contribution in [0.25, 0.3) is 109 Å². The average molecular weight is 991 g/mol. The zero-order chi connectivity index (χ0) is 51.0. The molecule has 0 spiro atoms. The van der Waals surface area contributed by atoms with Crippen molar-refractivity contribution in [2.45, 2.75) is 12.8 Å². The summed E-state index contributed by atoms with van der Waals surface area (Å²) >= 11 is 0. The molecule has 0 amide bonds. The van der Waals surface area contributed by atoms with E-state index in [2.05, 4.69) is 270 Å². The Hall–Kier alpha value is -9.90. The molecular weight excluding hydrogens is 944 g/mol. The van der Waals surface area contributed by atoms with Gasteiger partial charge in [0, 0.05) is 60.8 Å². The number of fused-ring (bicyclic) bond motifs is 15. The predicted octanol–water partition coefficient (Wildman–Crippen LogP) is 18.1. The number of furan rings is 1. The molecule has 362 valence electrons. The molecule has 0 aliphatic carbocycles. The highest BCUT2D eigenvalue weighted by Gasteiger charge is 2.45. The maximum Gasteiger partial charge on any atom is 0.333 e. The van der Waals surface area contributed by atoms with E-state index in [-0.39, 0.29) is 6.85 Å². The summed E-state index contributed by atoms with van der Waals surface area (Å²) in [7, 11) is 0. The Balaban J connectivity index is 1.09. The maximum absolute atomic E-state index is 7.29. The molecule has 2 aliphatic heterocycles. The molecule has 0 N–H and O–H groups in total. The fourth-order valence-electron chi connectivity index (χ4n) is 13.9. The van der Waals surface area contributed by atoms with E-state index in [0.717, 1.165) is 57.3 Å². The molecule has 3 nitrogen and oxygen atoms in total. The van der Waals surface area contributed by atoms with E-state index >= 15 is 0 Å². The fourth-order valence-corrected chi connectivity index (χ4v) is 13.9. The first-order valence-corrected chi connectivity index (χ1v) is 27.3. The van der Waals surface area contributed by atoms with Gasteiger partial charge in [-0.2, -0.15) is 0 Å². The first-order chi connectivity index (χ1) is 38.7. The number of anilines is 3. The van der Waals surface area contributed by atoms with E-state index in [1.807, 2.05) is 0 Å². The van der Waals surface area contributed by atoms with Crippen LogP contribution >= 0.6 is 0 Å². The van der Waals surface area contributed by atoms with Gasteiger partial charge in [-0.3, -0.25) is 0 Å². The molecule has 0 fully saturated rings. The summed E-state index contributed by atoms with van der Waals surface area (Å²) < 4.78 is 10.0. The third-order valence-corrected chi connectivity index (χ3v) is 17.2. The molecule has 2 aromatic heterocycles. The Morgan fingerprint density at radius 3 is 1.56 bits per heavy atom. The van der Waals surface area contributed by atoms with E-state index in [0.29, 0.717) is 0 Å². The number of hydrogen-bond acceptors (Lipinski definition) is 2. The molecule has 2 aliphatic rings. The molecule has 4 heterocycles. The highest BCUT2D eigenvalue weighted by Crippen LogP contribution is 2.52. The fraction of sp³-hybridized carbons (Fsp3) is 0.0270. The predicted molar refractivity (Wildman–Crippen MR) is 329 cm³/mol. The van der Waals surface area contributed by atoms with Gasteiger partial charge in [0.1, 0.15) is 11.2 Å². The van der Waals surface area contributed by atoms with Crippen molar-refractivity contribution in [1.82, 2.24) is 4.48 Å². The van der Waals surface area contributed by atoms with E-state index in [4.69, 9.17) is 4.42 Å².